The molecule has 0 unspecified atom stereocenters. The van der Waals surface area contributed by atoms with Crippen LogP contribution in [0.25, 0.3) is 0 Å². The molecule has 1 heterocycles. The second kappa shape index (κ2) is 7.36. The Kier molecular flexibility index (Phi) is 5.74. The fraction of sp³-hybridized carbons (Fsp3) is 0.214. The Morgan fingerprint density at radius 2 is 2.00 bits per heavy atom. The second-order valence-corrected chi connectivity index (χ2v) is 8.24. The van der Waals surface area contributed by atoms with Crippen LogP contribution in [0, 0.1) is 0 Å². The molecule has 8 heteroatoms. The minimum atomic E-state index is -3.68. The lowest BCUT2D eigenvalue weighted by Crippen LogP contribution is -2.30. The fourth-order valence-electron chi connectivity index (χ4n) is 1.83. The van der Waals surface area contributed by atoms with Gasteiger partial charge in [-0.15, -0.1) is 11.3 Å². The molecular formula is C14H14BrNO4S2. The summed E-state index contributed by atoms with van der Waals surface area (Å²) in [7, 11) is -2.41. The van der Waals surface area contributed by atoms with Crippen LogP contribution in [-0.4, -0.2) is 21.5 Å². The van der Waals surface area contributed by atoms with E-state index in [9.17, 15) is 13.2 Å². The number of carbonyl (C=O) groups excluding carboxylic acids is 1. The predicted octanol–water partition coefficient (Wildman–Crippen LogP) is 3.09. The highest BCUT2D eigenvalue weighted by Crippen LogP contribution is 2.24. The van der Waals surface area contributed by atoms with Gasteiger partial charge in [-0.25, -0.2) is 13.1 Å². The number of sulfonamides is 1. The van der Waals surface area contributed by atoms with Gasteiger partial charge in [-0.1, -0.05) is 34.1 Å². The van der Waals surface area contributed by atoms with Crippen molar-refractivity contribution >= 4 is 43.3 Å². The summed E-state index contributed by atoms with van der Waals surface area (Å²) in [5, 5.41) is 1.68. The number of ether oxygens (including phenoxy) is 1. The molecule has 118 valence electrons. The number of carbonyl (C=O) groups is 1. The topological polar surface area (TPSA) is 72.5 Å². The minimum absolute atomic E-state index is 0.0806. The smallest absolute Gasteiger partial charge is 0.307 e. The maximum absolute atomic E-state index is 12.4. The van der Waals surface area contributed by atoms with Gasteiger partial charge in [0, 0.05) is 4.47 Å². The zero-order valence-electron chi connectivity index (χ0n) is 11.7. The normalized spacial score (nSPS) is 12.8. The quantitative estimate of drug-likeness (QED) is 0.752. The summed E-state index contributed by atoms with van der Waals surface area (Å²) in [4.78, 5) is 11.6. The van der Waals surface area contributed by atoms with E-state index >= 15 is 0 Å². The molecule has 1 N–H and O–H groups in total. The molecule has 0 aliphatic rings. The first-order valence-corrected chi connectivity index (χ1v) is 9.46. The summed E-state index contributed by atoms with van der Waals surface area (Å²) in [5.41, 5.74) is 0.689. The first-order chi connectivity index (χ1) is 10.4. The molecule has 1 aromatic carbocycles. The first kappa shape index (κ1) is 17.1. The van der Waals surface area contributed by atoms with E-state index in [1.165, 1.54) is 13.2 Å². The van der Waals surface area contributed by atoms with Crippen molar-refractivity contribution in [2.24, 2.45) is 0 Å². The number of nitrogens with one attached hydrogen (secondary N) is 1. The van der Waals surface area contributed by atoms with Gasteiger partial charge in [-0.2, -0.15) is 0 Å². The Bertz CT molecular complexity index is 727. The number of hydrogen-bond donors (Lipinski definition) is 1. The van der Waals surface area contributed by atoms with Crippen molar-refractivity contribution in [1.29, 1.82) is 0 Å². The van der Waals surface area contributed by atoms with Gasteiger partial charge in [0.05, 0.1) is 19.6 Å². The van der Waals surface area contributed by atoms with E-state index < -0.39 is 22.0 Å². The molecule has 0 spiro atoms. The van der Waals surface area contributed by atoms with Gasteiger partial charge in [0.2, 0.25) is 0 Å². The Morgan fingerprint density at radius 1 is 1.32 bits per heavy atom. The molecule has 0 amide bonds. The molecule has 0 fully saturated rings. The Balaban J connectivity index is 2.28. The average molecular weight is 404 g/mol. The van der Waals surface area contributed by atoms with Gasteiger partial charge in [0.1, 0.15) is 4.21 Å². The number of esters is 1. The van der Waals surface area contributed by atoms with Crippen LogP contribution in [0.2, 0.25) is 0 Å². The summed E-state index contributed by atoms with van der Waals surface area (Å²) in [6.07, 6.45) is -0.0806. The summed E-state index contributed by atoms with van der Waals surface area (Å²) >= 11 is 4.44. The standard InChI is InChI=1S/C14H14BrNO4S2/c1-20-13(17)9-12(10-4-6-11(15)7-5-10)16-22(18,19)14-3-2-8-21-14/h2-8,12,16H,9H2,1H3/t12-/m1/s1. The number of methoxy groups -OCH3 is 1. The molecular weight excluding hydrogens is 390 g/mol. The van der Waals surface area contributed by atoms with Crippen LogP contribution in [0.5, 0.6) is 0 Å². The molecule has 0 aliphatic heterocycles. The zero-order valence-corrected chi connectivity index (χ0v) is 14.9. The third-order valence-electron chi connectivity index (χ3n) is 2.93. The highest BCUT2D eigenvalue weighted by atomic mass is 79.9. The second-order valence-electron chi connectivity index (χ2n) is 4.44. The van der Waals surface area contributed by atoms with Crippen molar-refractivity contribution in [2.75, 3.05) is 7.11 Å². The lowest BCUT2D eigenvalue weighted by atomic mass is 10.1. The lowest BCUT2D eigenvalue weighted by Gasteiger charge is -2.17. The monoisotopic (exact) mass is 403 g/mol. The van der Waals surface area contributed by atoms with Crippen molar-refractivity contribution in [2.45, 2.75) is 16.7 Å². The summed E-state index contributed by atoms with van der Waals surface area (Å²) in [6, 6.07) is 9.59. The molecule has 5 nitrogen and oxygen atoms in total. The molecule has 0 radical (unpaired) electrons. The van der Waals surface area contributed by atoms with Crippen molar-refractivity contribution in [1.82, 2.24) is 4.72 Å². The number of rotatable bonds is 6. The van der Waals surface area contributed by atoms with Crippen LogP contribution in [-0.2, 0) is 19.6 Å². The van der Waals surface area contributed by atoms with Crippen LogP contribution in [0.4, 0.5) is 0 Å². The molecule has 2 aromatic rings. The molecule has 1 atom stereocenters. The summed E-state index contributed by atoms with van der Waals surface area (Å²) in [6.45, 7) is 0. The fourth-order valence-corrected chi connectivity index (χ4v) is 4.33. The molecule has 0 saturated carbocycles. The highest BCUT2D eigenvalue weighted by molar-refractivity contribution is 9.10. The van der Waals surface area contributed by atoms with E-state index in [1.54, 1.807) is 35.7 Å². The van der Waals surface area contributed by atoms with E-state index in [2.05, 4.69) is 25.4 Å². The zero-order chi connectivity index (χ0) is 16.2. The molecule has 22 heavy (non-hydrogen) atoms. The third kappa shape index (κ3) is 4.39. The van der Waals surface area contributed by atoms with E-state index in [-0.39, 0.29) is 10.6 Å². The van der Waals surface area contributed by atoms with Gasteiger partial charge in [-0.3, -0.25) is 4.79 Å². The minimum Gasteiger partial charge on any atom is -0.469 e. The summed E-state index contributed by atoms with van der Waals surface area (Å²) < 4.78 is 33.0. The maximum atomic E-state index is 12.4. The Labute approximate surface area is 141 Å². The highest BCUT2D eigenvalue weighted by Gasteiger charge is 2.24. The van der Waals surface area contributed by atoms with Gasteiger partial charge in [0.15, 0.2) is 0 Å². The molecule has 0 aliphatic carbocycles. The number of thiophene rings is 1. The van der Waals surface area contributed by atoms with E-state index in [4.69, 9.17) is 0 Å². The van der Waals surface area contributed by atoms with E-state index in [0.29, 0.717) is 5.56 Å². The lowest BCUT2D eigenvalue weighted by molar-refractivity contribution is -0.141. The average Bonchev–Trinajstić information content (AvgIpc) is 3.02. The van der Waals surface area contributed by atoms with Crippen molar-refractivity contribution in [3.05, 3.63) is 51.8 Å². The number of hydrogen-bond acceptors (Lipinski definition) is 5. The largest absolute Gasteiger partial charge is 0.469 e. The Hall–Kier alpha value is -1.22. The molecule has 1 aromatic heterocycles. The first-order valence-electron chi connectivity index (χ1n) is 6.30. The van der Waals surface area contributed by atoms with Gasteiger partial charge < -0.3 is 4.74 Å². The number of benzene rings is 1. The molecule has 0 bridgehead atoms. The number of halogens is 1. The summed E-state index contributed by atoms with van der Waals surface area (Å²) in [5.74, 6) is -0.484. The van der Waals surface area contributed by atoms with Crippen LogP contribution in [0.3, 0.4) is 0 Å². The van der Waals surface area contributed by atoms with Crippen LogP contribution >= 0.6 is 27.3 Å². The maximum Gasteiger partial charge on any atom is 0.307 e. The predicted molar refractivity (Wildman–Crippen MR) is 88.2 cm³/mol. The Morgan fingerprint density at radius 3 is 2.55 bits per heavy atom. The van der Waals surface area contributed by atoms with Crippen LogP contribution in [0.1, 0.15) is 18.0 Å². The SMILES string of the molecule is COC(=O)C[C@@H](NS(=O)(=O)c1cccs1)c1ccc(Br)cc1. The molecule has 0 saturated heterocycles. The van der Waals surface area contributed by atoms with E-state index in [0.717, 1.165) is 15.8 Å². The van der Waals surface area contributed by atoms with E-state index in [1.807, 2.05) is 0 Å². The van der Waals surface area contributed by atoms with Gasteiger partial charge in [-0.05, 0) is 29.1 Å². The van der Waals surface area contributed by atoms with Crippen molar-refractivity contribution < 1.29 is 17.9 Å². The van der Waals surface area contributed by atoms with Crippen molar-refractivity contribution in [3.8, 4) is 0 Å². The van der Waals surface area contributed by atoms with Gasteiger partial charge in [0.25, 0.3) is 10.0 Å². The third-order valence-corrected chi connectivity index (χ3v) is 6.33. The van der Waals surface area contributed by atoms with Crippen LogP contribution < -0.4 is 4.72 Å². The van der Waals surface area contributed by atoms with Crippen LogP contribution in [0.15, 0.2) is 50.5 Å². The van der Waals surface area contributed by atoms with Gasteiger partial charge >= 0.3 is 5.97 Å². The van der Waals surface area contributed by atoms with Crippen molar-refractivity contribution in [3.63, 3.8) is 0 Å². The molecule has 2 rings (SSSR count).